The van der Waals surface area contributed by atoms with E-state index in [9.17, 15) is 10.1 Å². The fraction of sp³-hybridized carbons (Fsp3) is 0.208. The van der Waals surface area contributed by atoms with Gasteiger partial charge in [0.15, 0.2) is 17.3 Å². The van der Waals surface area contributed by atoms with Gasteiger partial charge in [0.25, 0.3) is 5.91 Å². The zero-order valence-corrected chi connectivity index (χ0v) is 19.9. The van der Waals surface area contributed by atoms with Gasteiger partial charge in [0.1, 0.15) is 36.4 Å². The van der Waals surface area contributed by atoms with Crippen LogP contribution in [0.1, 0.15) is 16.9 Å². The molecule has 0 fully saturated rings. The number of nitrogens with zero attached hydrogens (tertiary/aromatic N) is 2. The summed E-state index contributed by atoms with van der Waals surface area (Å²) < 4.78 is 22.5. The topological polar surface area (TPSA) is 107 Å². The number of halogens is 1. The number of hydrogen-bond acceptors (Lipinski definition) is 7. The van der Waals surface area contributed by atoms with Crippen LogP contribution in [0.4, 0.5) is 5.82 Å². The van der Waals surface area contributed by atoms with Crippen molar-refractivity contribution in [3.63, 3.8) is 0 Å². The second kappa shape index (κ2) is 11.2. The average Bonchev–Trinajstić information content (AvgIpc) is 3.21. The van der Waals surface area contributed by atoms with E-state index < -0.39 is 5.91 Å². The summed E-state index contributed by atoms with van der Waals surface area (Å²) in [6.45, 7) is 4.35. The van der Waals surface area contributed by atoms with Crippen molar-refractivity contribution in [1.82, 2.24) is 5.16 Å². The Bertz CT molecular complexity index is 1200. The van der Waals surface area contributed by atoms with Crippen LogP contribution < -0.4 is 19.5 Å². The van der Waals surface area contributed by atoms with Crippen molar-refractivity contribution in [3.05, 3.63) is 69.4 Å². The van der Waals surface area contributed by atoms with Crippen molar-refractivity contribution in [2.45, 2.75) is 13.8 Å². The summed E-state index contributed by atoms with van der Waals surface area (Å²) in [6.07, 6.45) is 1.44. The maximum absolute atomic E-state index is 12.4. The minimum absolute atomic E-state index is 0.107. The van der Waals surface area contributed by atoms with E-state index in [4.69, 9.17) is 18.7 Å². The number of nitrogens with one attached hydrogen (secondary N) is 1. The Morgan fingerprint density at radius 2 is 1.91 bits per heavy atom. The molecule has 33 heavy (non-hydrogen) atoms. The monoisotopic (exact) mass is 511 g/mol. The second-order valence-corrected chi connectivity index (χ2v) is 7.85. The van der Waals surface area contributed by atoms with Crippen LogP contribution in [-0.2, 0) is 4.79 Å². The molecule has 0 aliphatic carbocycles. The average molecular weight is 512 g/mol. The van der Waals surface area contributed by atoms with Crippen LogP contribution in [-0.4, -0.2) is 31.4 Å². The number of ether oxygens (including phenoxy) is 3. The van der Waals surface area contributed by atoms with Gasteiger partial charge in [-0.3, -0.25) is 4.79 Å². The van der Waals surface area contributed by atoms with Crippen molar-refractivity contribution in [2.75, 3.05) is 25.6 Å². The first-order valence-corrected chi connectivity index (χ1v) is 10.7. The molecular formula is C24H22BrN3O5. The predicted octanol–water partition coefficient (Wildman–Crippen LogP) is 5.07. The first-order valence-electron chi connectivity index (χ1n) is 9.96. The maximum atomic E-state index is 12.4. The number of carbonyl (C=O) groups is 1. The van der Waals surface area contributed by atoms with Crippen LogP contribution in [0.5, 0.6) is 17.2 Å². The van der Waals surface area contributed by atoms with E-state index in [0.29, 0.717) is 40.5 Å². The minimum Gasteiger partial charge on any atom is -0.493 e. The number of amides is 1. The van der Waals surface area contributed by atoms with Crippen molar-refractivity contribution in [2.24, 2.45) is 0 Å². The SMILES string of the molecule is COc1cc(/C=C(/C#N)C(=O)Nc2cc(C)on2)cc(Br)c1OCCOc1ccc(C)cc1. The largest absolute Gasteiger partial charge is 0.493 e. The number of anilines is 1. The van der Waals surface area contributed by atoms with Gasteiger partial charge in [0.05, 0.1) is 11.6 Å². The van der Waals surface area contributed by atoms with Gasteiger partial charge in [-0.25, -0.2) is 0 Å². The van der Waals surface area contributed by atoms with E-state index in [1.165, 1.54) is 13.2 Å². The molecule has 0 aliphatic heterocycles. The Balaban J connectivity index is 1.68. The zero-order valence-electron chi connectivity index (χ0n) is 18.3. The number of benzene rings is 2. The first kappa shape index (κ1) is 23.9. The quantitative estimate of drug-likeness (QED) is 0.243. The van der Waals surface area contributed by atoms with E-state index in [1.807, 2.05) is 37.3 Å². The number of nitriles is 1. The van der Waals surface area contributed by atoms with Crippen molar-refractivity contribution in [3.8, 4) is 23.3 Å². The van der Waals surface area contributed by atoms with E-state index in [-0.39, 0.29) is 11.4 Å². The molecule has 170 valence electrons. The highest BCUT2D eigenvalue weighted by Crippen LogP contribution is 2.37. The maximum Gasteiger partial charge on any atom is 0.267 e. The number of aryl methyl sites for hydroxylation is 2. The Hall–Kier alpha value is -3.77. The molecule has 3 aromatic rings. The van der Waals surface area contributed by atoms with Crippen molar-refractivity contribution < 1.29 is 23.5 Å². The lowest BCUT2D eigenvalue weighted by atomic mass is 10.1. The Labute approximate surface area is 199 Å². The summed E-state index contributed by atoms with van der Waals surface area (Å²) in [4.78, 5) is 12.4. The number of hydrogen-bond donors (Lipinski definition) is 1. The molecular weight excluding hydrogens is 490 g/mol. The predicted molar refractivity (Wildman–Crippen MR) is 126 cm³/mol. The van der Waals surface area contributed by atoms with Crippen molar-refractivity contribution >= 4 is 33.7 Å². The molecule has 0 saturated heterocycles. The second-order valence-electron chi connectivity index (χ2n) is 6.99. The van der Waals surface area contributed by atoms with Crippen LogP contribution >= 0.6 is 15.9 Å². The van der Waals surface area contributed by atoms with E-state index >= 15 is 0 Å². The zero-order chi connectivity index (χ0) is 23.8. The fourth-order valence-electron chi connectivity index (χ4n) is 2.83. The van der Waals surface area contributed by atoms with Gasteiger partial charge >= 0.3 is 0 Å². The van der Waals surface area contributed by atoms with Crippen LogP contribution in [0.25, 0.3) is 6.08 Å². The molecule has 0 unspecified atom stereocenters. The highest BCUT2D eigenvalue weighted by atomic mass is 79.9. The number of carbonyl (C=O) groups excluding carboxylic acids is 1. The molecule has 0 bridgehead atoms. The summed E-state index contributed by atoms with van der Waals surface area (Å²) in [7, 11) is 1.51. The number of rotatable bonds is 9. The van der Waals surface area contributed by atoms with Gasteiger partial charge < -0.3 is 24.1 Å². The lowest BCUT2D eigenvalue weighted by Gasteiger charge is -2.14. The van der Waals surface area contributed by atoms with Gasteiger partial charge in [0, 0.05) is 6.07 Å². The molecule has 0 atom stereocenters. The third-order valence-electron chi connectivity index (χ3n) is 4.42. The number of methoxy groups -OCH3 is 1. The van der Waals surface area contributed by atoms with E-state index in [0.717, 1.165) is 11.3 Å². The Kier molecular flexibility index (Phi) is 8.11. The molecule has 9 heteroatoms. The highest BCUT2D eigenvalue weighted by molar-refractivity contribution is 9.10. The van der Waals surface area contributed by atoms with E-state index in [2.05, 4.69) is 26.4 Å². The van der Waals surface area contributed by atoms with Gasteiger partial charge in [-0.1, -0.05) is 22.9 Å². The van der Waals surface area contributed by atoms with Crippen LogP contribution in [0.2, 0.25) is 0 Å². The molecule has 8 nitrogen and oxygen atoms in total. The Morgan fingerprint density at radius 1 is 1.18 bits per heavy atom. The lowest BCUT2D eigenvalue weighted by Crippen LogP contribution is -2.13. The van der Waals surface area contributed by atoms with Gasteiger partial charge in [-0.05, 0) is 65.7 Å². The summed E-state index contributed by atoms with van der Waals surface area (Å²) in [5.74, 6) is 1.86. The molecule has 0 spiro atoms. The summed E-state index contributed by atoms with van der Waals surface area (Å²) >= 11 is 3.47. The normalized spacial score (nSPS) is 10.9. The van der Waals surface area contributed by atoms with E-state index in [1.54, 1.807) is 25.1 Å². The molecule has 1 aromatic heterocycles. The summed E-state index contributed by atoms with van der Waals surface area (Å²) in [6, 6.07) is 14.6. The molecule has 0 aliphatic rings. The third kappa shape index (κ3) is 6.60. The smallest absolute Gasteiger partial charge is 0.267 e. The van der Waals surface area contributed by atoms with Gasteiger partial charge in [-0.15, -0.1) is 0 Å². The summed E-state index contributed by atoms with van der Waals surface area (Å²) in [5, 5.41) is 15.7. The molecule has 0 saturated carbocycles. The highest BCUT2D eigenvalue weighted by Gasteiger charge is 2.15. The van der Waals surface area contributed by atoms with Gasteiger partial charge in [0.2, 0.25) is 0 Å². The standard InChI is InChI=1S/C24H22BrN3O5/c1-15-4-6-19(7-5-15)31-8-9-32-23-20(25)12-17(13-21(23)30-3)11-18(14-26)24(29)27-22-10-16(2)33-28-22/h4-7,10-13H,8-9H2,1-3H3,(H,27,28,29)/b18-11-. The number of aromatic nitrogens is 1. The molecule has 1 heterocycles. The summed E-state index contributed by atoms with van der Waals surface area (Å²) in [5.41, 5.74) is 1.63. The molecule has 1 N–H and O–H groups in total. The van der Waals surface area contributed by atoms with Crippen LogP contribution in [0, 0.1) is 25.2 Å². The fourth-order valence-corrected chi connectivity index (χ4v) is 3.40. The molecule has 2 aromatic carbocycles. The van der Waals surface area contributed by atoms with Crippen LogP contribution in [0.3, 0.4) is 0 Å². The Morgan fingerprint density at radius 3 is 2.55 bits per heavy atom. The lowest BCUT2D eigenvalue weighted by molar-refractivity contribution is -0.112. The minimum atomic E-state index is -0.602. The van der Waals surface area contributed by atoms with Crippen LogP contribution in [0.15, 0.2) is 57.0 Å². The third-order valence-corrected chi connectivity index (χ3v) is 5.01. The van der Waals surface area contributed by atoms with Gasteiger partial charge in [-0.2, -0.15) is 5.26 Å². The first-order chi connectivity index (χ1) is 15.9. The van der Waals surface area contributed by atoms with Crippen molar-refractivity contribution in [1.29, 1.82) is 5.26 Å². The molecule has 0 radical (unpaired) electrons. The molecule has 3 rings (SSSR count). The molecule has 1 amide bonds.